The van der Waals surface area contributed by atoms with Gasteiger partial charge < -0.3 is 10.5 Å². The second-order valence-corrected chi connectivity index (χ2v) is 3.35. The van der Waals surface area contributed by atoms with Crippen LogP contribution >= 0.6 is 0 Å². The van der Waals surface area contributed by atoms with Crippen LogP contribution in [0.1, 0.15) is 20.8 Å². The Balaban J connectivity index is 3.87. The SMILES string of the molecule is CC(C)(C)OC(=O)N(F)CCN. The summed E-state index contributed by atoms with van der Waals surface area (Å²) in [6.45, 7) is 4.94. The van der Waals surface area contributed by atoms with Gasteiger partial charge in [-0.25, -0.2) is 4.79 Å². The van der Waals surface area contributed by atoms with Crippen molar-refractivity contribution in [3.05, 3.63) is 0 Å². The Morgan fingerprint density at radius 3 is 2.42 bits per heavy atom. The molecular formula is C7H15FN2O2. The van der Waals surface area contributed by atoms with Gasteiger partial charge in [0.05, 0.1) is 6.54 Å². The summed E-state index contributed by atoms with van der Waals surface area (Å²) in [5, 5.41) is -0.0365. The number of nitrogens with zero attached hydrogens (tertiary/aromatic N) is 1. The molecule has 72 valence electrons. The van der Waals surface area contributed by atoms with Crippen LogP contribution in [0.2, 0.25) is 0 Å². The van der Waals surface area contributed by atoms with Gasteiger partial charge in [0.1, 0.15) is 5.60 Å². The highest BCUT2D eigenvalue weighted by Gasteiger charge is 2.21. The first kappa shape index (κ1) is 11.2. The molecule has 0 aromatic carbocycles. The highest BCUT2D eigenvalue weighted by Crippen LogP contribution is 2.09. The zero-order valence-corrected chi connectivity index (χ0v) is 7.63. The van der Waals surface area contributed by atoms with Crippen LogP contribution in [0.5, 0.6) is 0 Å². The van der Waals surface area contributed by atoms with Crippen LogP contribution in [0.4, 0.5) is 9.28 Å². The molecule has 0 unspecified atom stereocenters. The number of carbonyl (C=O) groups excluding carboxylic acids is 1. The minimum absolute atomic E-state index is 0.0365. The van der Waals surface area contributed by atoms with Crippen LogP contribution in [-0.2, 0) is 4.74 Å². The van der Waals surface area contributed by atoms with Crippen LogP contribution in [0.15, 0.2) is 0 Å². The van der Waals surface area contributed by atoms with Crippen molar-refractivity contribution in [3.63, 3.8) is 0 Å². The molecule has 1 amide bonds. The quantitative estimate of drug-likeness (QED) is 0.643. The molecule has 0 atom stereocenters. The lowest BCUT2D eigenvalue weighted by atomic mass is 10.2. The number of hydrogen-bond donors (Lipinski definition) is 1. The number of carbonyl (C=O) groups is 1. The fourth-order valence-electron chi connectivity index (χ4n) is 0.516. The summed E-state index contributed by atoms with van der Waals surface area (Å²) in [6, 6.07) is 0. The summed E-state index contributed by atoms with van der Waals surface area (Å²) < 4.78 is 17.3. The zero-order chi connectivity index (χ0) is 9.78. The van der Waals surface area contributed by atoms with Crippen molar-refractivity contribution in [1.29, 1.82) is 0 Å². The van der Waals surface area contributed by atoms with Crippen molar-refractivity contribution < 1.29 is 14.0 Å². The number of hydrogen-bond acceptors (Lipinski definition) is 3. The van der Waals surface area contributed by atoms with E-state index in [4.69, 9.17) is 10.5 Å². The van der Waals surface area contributed by atoms with E-state index in [-0.39, 0.29) is 18.2 Å². The van der Waals surface area contributed by atoms with E-state index < -0.39 is 11.7 Å². The van der Waals surface area contributed by atoms with Crippen molar-refractivity contribution in [2.24, 2.45) is 5.73 Å². The van der Waals surface area contributed by atoms with Gasteiger partial charge in [-0.2, -0.15) is 0 Å². The third kappa shape index (κ3) is 4.90. The Morgan fingerprint density at radius 2 is 2.08 bits per heavy atom. The van der Waals surface area contributed by atoms with Gasteiger partial charge in [0.25, 0.3) is 0 Å². The molecule has 0 saturated carbocycles. The number of halogens is 1. The normalized spacial score (nSPS) is 11.1. The number of ether oxygens (including phenoxy) is 1. The minimum Gasteiger partial charge on any atom is -0.442 e. The van der Waals surface area contributed by atoms with Gasteiger partial charge >= 0.3 is 6.09 Å². The van der Waals surface area contributed by atoms with E-state index >= 15 is 0 Å². The fraction of sp³-hybridized carbons (Fsp3) is 0.857. The van der Waals surface area contributed by atoms with E-state index in [0.29, 0.717) is 0 Å². The third-order valence-electron chi connectivity index (χ3n) is 0.917. The largest absolute Gasteiger partial charge is 0.442 e. The smallest absolute Gasteiger partial charge is 0.438 e. The van der Waals surface area contributed by atoms with Gasteiger partial charge in [-0.05, 0) is 20.8 Å². The van der Waals surface area contributed by atoms with Crippen molar-refractivity contribution in [3.8, 4) is 0 Å². The molecule has 0 rings (SSSR count). The molecule has 2 N–H and O–H groups in total. The molecule has 0 aliphatic carbocycles. The van der Waals surface area contributed by atoms with Gasteiger partial charge in [0, 0.05) is 6.54 Å². The molecule has 5 heteroatoms. The van der Waals surface area contributed by atoms with Crippen LogP contribution in [-0.4, -0.2) is 29.9 Å². The van der Waals surface area contributed by atoms with Crippen LogP contribution < -0.4 is 5.73 Å². The highest BCUT2D eigenvalue weighted by atomic mass is 19.2. The molecule has 4 nitrogen and oxygen atoms in total. The number of rotatable bonds is 2. The molecule has 0 aliphatic heterocycles. The van der Waals surface area contributed by atoms with E-state index in [0.717, 1.165) is 0 Å². The molecular weight excluding hydrogens is 163 g/mol. The maximum atomic E-state index is 12.6. The van der Waals surface area contributed by atoms with Crippen LogP contribution in [0, 0.1) is 0 Å². The van der Waals surface area contributed by atoms with Crippen LogP contribution in [0.3, 0.4) is 0 Å². The van der Waals surface area contributed by atoms with Gasteiger partial charge in [-0.3, -0.25) is 0 Å². The molecule has 12 heavy (non-hydrogen) atoms. The van der Waals surface area contributed by atoms with Gasteiger partial charge in [0.15, 0.2) is 0 Å². The topological polar surface area (TPSA) is 55.6 Å². The summed E-state index contributed by atoms with van der Waals surface area (Å²) in [7, 11) is 0. The third-order valence-corrected chi connectivity index (χ3v) is 0.917. The zero-order valence-electron chi connectivity index (χ0n) is 7.63. The van der Waals surface area contributed by atoms with Gasteiger partial charge in [-0.15, -0.1) is 5.12 Å². The summed E-state index contributed by atoms with van der Waals surface area (Å²) >= 11 is 0. The monoisotopic (exact) mass is 178 g/mol. The van der Waals surface area contributed by atoms with Crippen molar-refractivity contribution in [2.75, 3.05) is 13.1 Å². The second-order valence-electron chi connectivity index (χ2n) is 3.35. The van der Waals surface area contributed by atoms with E-state index in [2.05, 4.69) is 0 Å². The maximum Gasteiger partial charge on any atom is 0.438 e. The Bertz CT molecular complexity index is 156. The molecule has 0 saturated heterocycles. The summed E-state index contributed by atoms with van der Waals surface area (Å²) in [5.41, 5.74) is 4.37. The average molecular weight is 178 g/mol. The highest BCUT2D eigenvalue weighted by molar-refractivity contribution is 5.66. The van der Waals surface area contributed by atoms with Crippen molar-refractivity contribution in [2.45, 2.75) is 26.4 Å². The Kier molecular flexibility index (Phi) is 3.95. The summed E-state index contributed by atoms with van der Waals surface area (Å²) in [6.07, 6.45) is -0.993. The standard InChI is InChI=1S/C7H15FN2O2/c1-7(2,3)12-6(11)10(8)5-4-9/h4-5,9H2,1-3H3. The predicted molar refractivity (Wildman–Crippen MR) is 43.1 cm³/mol. The number of amides is 1. The Hall–Kier alpha value is -0.840. The maximum absolute atomic E-state index is 12.6. The predicted octanol–water partition coefficient (Wildman–Crippen LogP) is 1.07. The molecule has 0 aromatic rings. The summed E-state index contributed by atoms with van der Waals surface area (Å²) in [5.74, 6) is 0. The Morgan fingerprint density at radius 1 is 1.58 bits per heavy atom. The molecule has 0 heterocycles. The molecule has 0 aliphatic rings. The molecule has 0 fully saturated rings. The van der Waals surface area contributed by atoms with Crippen LogP contribution in [0.25, 0.3) is 0 Å². The second kappa shape index (κ2) is 4.25. The van der Waals surface area contributed by atoms with Gasteiger partial charge in [0.2, 0.25) is 0 Å². The number of nitrogens with two attached hydrogens (primary N) is 1. The van der Waals surface area contributed by atoms with E-state index in [1.807, 2.05) is 0 Å². The molecule has 0 aromatic heterocycles. The van der Waals surface area contributed by atoms with Gasteiger partial charge in [-0.1, -0.05) is 4.48 Å². The first-order chi connectivity index (χ1) is 5.37. The average Bonchev–Trinajstić information content (AvgIpc) is 1.84. The van der Waals surface area contributed by atoms with Crippen molar-refractivity contribution in [1.82, 2.24) is 5.12 Å². The van der Waals surface area contributed by atoms with Crippen molar-refractivity contribution >= 4 is 6.09 Å². The molecule has 0 radical (unpaired) electrons. The van der Waals surface area contributed by atoms with E-state index in [1.165, 1.54) is 0 Å². The fourth-order valence-corrected chi connectivity index (χ4v) is 0.516. The first-order valence-electron chi connectivity index (χ1n) is 3.73. The van der Waals surface area contributed by atoms with E-state index in [9.17, 15) is 9.28 Å². The lowest BCUT2D eigenvalue weighted by molar-refractivity contribution is -0.0290. The van der Waals surface area contributed by atoms with E-state index in [1.54, 1.807) is 20.8 Å². The molecule has 0 spiro atoms. The Labute approximate surface area is 71.4 Å². The summed E-state index contributed by atoms with van der Waals surface area (Å²) in [4.78, 5) is 10.8. The first-order valence-corrected chi connectivity index (χ1v) is 3.73. The lowest BCUT2D eigenvalue weighted by Crippen LogP contribution is -2.34. The lowest BCUT2D eigenvalue weighted by Gasteiger charge is -2.21. The molecule has 0 bridgehead atoms. The minimum atomic E-state index is -0.993.